The van der Waals surface area contributed by atoms with Gasteiger partial charge in [-0.2, -0.15) is 0 Å². The third kappa shape index (κ3) is 5.67. The Hall–Kier alpha value is -3.36. The van der Waals surface area contributed by atoms with Crippen molar-refractivity contribution in [3.05, 3.63) is 47.0 Å². The van der Waals surface area contributed by atoms with Crippen molar-refractivity contribution in [1.29, 1.82) is 0 Å². The maximum Gasteiger partial charge on any atom is 0.340 e. The van der Waals surface area contributed by atoms with Gasteiger partial charge in [0, 0.05) is 30.6 Å². The first-order valence-corrected chi connectivity index (χ1v) is 16.7. The zero-order valence-electron chi connectivity index (χ0n) is 29.3. The molecule has 1 aliphatic heterocycles. The molecule has 0 radical (unpaired) electrons. The zero-order valence-corrected chi connectivity index (χ0v) is 29.3. The SMILES string of the molecule is CC(=O)N[C@@H](O)[C@@H](O)C(=O)O[C@H]1C[C@@]2(C)[C@@H](OC(=O)c3ccccc3)[C@@H]3[C@]4(OC(C)=O)CO[C@@H]4C[C@H](C)[C@@]3(C)[C@H](O)[C@H](O)C(=C1C)C2(C)C. The lowest BCUT2D eigenvalue weighted by Crippen LogP contribution is -2.79. The Bertz CT molecular complexity index is 1530. The minimum Gasteiger partial charge on any atom is -0.458 e. The molecule has 3 fully saturated rings. The van der Waals surface area contributed by atoms with Crippen LogP contribution in [0.25, 0.3) is 0 Å². The van der Waals surface area contributed by atoms with Crippen molar-refractivity contribution < 1.29 is 58.6 Å². The summed E-state index contributed by atoms with van der Waals surface area (Å²) in [6.07, 6.45) is -9.52. The maximum atomic E-state index is 14.1. The number of ether oxygens (including phenoxy) is 4. The van der Waals surface area contributed by atoms with Crippen LogP contribution in [-0.4, -0.2) is 99.3 Å². The summed E-state index contributed by atoms with van der Waals surface area (Å²) in [7, 11) is 0. The average molecular weight is 688 g/mol. The van der Waals surface area contributed by atoms with E-state index in [2.05, 4.69) is 5.32 Å². The van der Waals surface area contributed by atoms with E-state index in [9.17, 15) is 39.6 Å². The van der Waals surface area contributed by atoms with E-state index < -0.39 is 94.4 Å². The molecule has 12 atom stereocenters. The highest BCUT2D eigenvalue weighted by atomic mass is 16.6. The van der Waals surface area contributed by atoms with E-state index in [-0.39, 0.29) is 24.5 Å². The van der Waals surface area contributed by atoms with Crippen LogP contribution in [0.2, 0.25) is 0 Å². The molecule has 4 aliphatic rings. The Morgan fingerprint density at radius 2 is 1.63 bits per heavy atom. The fraction of sp³-hybridized carbons (Fsp3) is 0.667. The Labute approximate surface area is 285 Å². The van der Waals surface area contributed by atoms with E-state index in [1.807, 2.05) is 34.6 Å². The summed E-state index contributed by atoms with van der Waals surface area (Å²) >= 11 is 0. The van der Waals surface area contributed by atoms with Gasteiger partial charge in [0.15, 0.2) is 17.9 Å². The van der Waals surface area contributed by atoms with E-state index in [4.69, 9.17) is 18.9 Å². The summed E-state index contributed by atoms with van der Waals surface area (Å²) in [5.41, 5.74) is -3.74. The molecule has 2 bridgehead atoms. The van der Waals surface area contributed by atoms with Gasteiger partial charge < -0.3 is 44.7 Å². The van der Waals surface area contributed by atoms with Gasteiger partial charge in [-0.25, -0.2) is 9.59 Å². The number of rotatable bonds is 7. The fourth-order valence-corrected chi connectivity index (χ4v) is 9.23. The highest BCUT2D eigenvalue weighted by Crippen LogP contribution is 2.68. The molecule has 1 heterocycles. The second kappa shape index (κ2) is 12.8. The van der Waals surface area contributed by atoms with Gasteiger partial charge >= 0.3 is 17.9 Å². The molecule has 5 rings (SSSR count). The van der Waals surface area contributed by atoms with Crippen LogP contribution in [0.15, 0.2) is 41.5 Å². The second-order valence-corrected chi connectivity index (χ2v) is 15.3. The molecule has 0 unspecified atom stereocenters. The van der Waals surface area contributed by atoms with Gasteiger partial charge in [0.05, 0.1) is 18.3 Å². The lowest BCUT2D eigenvalue weighted by Gasteiger charge is -2.70. The molecular formula is C36H49NO12. The van der Waals surface area contributed by atoms with Gasteiger partial charge in [-0.15, -0.1) is 0 Å². The highest BCUT2D eigenvalue weighted by molar-refractivity contribution is 5.89. The van der Waals surface area contributed by atoms with E-state index >= 15 is 0 Å². The average Bonchev–Trinajstić information content (AvgIpc) is 3.02. The molecule has 0 spiro atoms. The number of hydrogen-bond acceptors (Lipinski definition) is 12. The first kappa shape index (κ1) is 36.9. The third-order valence-electron chi connectivity index (χ3n) is 12.4. The highest BCUT2D eigenvalue weighted by Gasteiger charge is 2.76. The van der Waals surface area contributed by atoms with E-state index in [1.165, 1.54) is 6.92 Å². The molecule has 13 heteroatoms. The molecule has 5 N–H and O–H groups in total. The van der Waals surface area contributed by atoms with Crippen LogP contribution < -0.4 is 5.32 Å². The van der Waals surface area contributed by atoms with Gasteiger partial charge in [-0.05, 0) is 54.4 Å². The van der Waals surface area contributed by atoms with Gasteiger partial charge in [0.1, 0.15) is 24.4 Å². The fourth-order valence-electron chi connectivity index (χ4n) is 9.23. The summed E-state index contributed by atoms with van der Waals surface area (Å²) in [6, 6.07) is 8.38. The van der Waals surface area contributed by atoms with Crippen LogP contribution >= 0.6 is 0 Å². The summed E-state index contributed by atoms with van der Waals surface area (Å²) in [5, 5.41) is 47.4. The van der Waals surface area contributed by atoms with Crippen molar-refractivity contribution in [2.24, 2.45) is 28.1 Å². The third-order valence-corrected chi connectivity index (χ3v) is 12.4. The number of nitrogens with one attached hydrogen (secondary N) is 1. The van der Waals surface area contributed by atoms with Crippen LogP contribution in [0.3, 0.4) is 0 Å². The van der Waals surface area contributed by atoms with Crippen LogP contribution in [0, 0.1) is 28.1 Å². The summed E-state index contributed by atoms with van der Waals surface area (Å²) in [4.78, 5) is 51.6. The zero-order chi connectivity index (χ0) is 36.4. The first-order chi connectivity index (χ1) is 22.7. The molecule has 2 saturated carbocycles. The van der Waals surface area contributed by atoms with Crippen LogP contribution in [0.4, 0.5) is 0 Å². The molecule has 0 aromatic heterocycles. The largest absolute Gasteiger partial charge is 0.458 e. The second-order valence-electron chi connectivity index (χ2n) is 15.3. The number of carbonyl (C=O) groups is 4. The molecule has 1 amide bonds. The quantitative estimate of drug-likeness (QED) is 0.121. The Kier molecular flexibility index (Phi) is 9.61. The topological polar surface area (TPSA) is 198 Å². The smallest absolute Gasteiger partial charge is 0.340 e. The van der Waals surface area contributed by atoms with E-state index in [0.29, 0.717) is 17.6 Å². The van der Waals surface area contributed by atoms with Crippen molar-refractivity contribution >= 4 is 23.8 Å². The van der Waals surface area contributed by atoms with Crippen molar-refractivity contribution in [2.75, 3.05) is 6.61 Å². The van der Waals surface area contributed by atoms with Gasteiger partial charge in [-0.3, -0.25) is 9.59 Å². The lowest BCUT2D eigenvalue weighted by molar-refractivity contribution is -0.353. The van der Waals surface area contributed by atoms with Crippen LogP contribution in [-0.2, 0) is 33.3 Å². The number of fused-ring (bicyclic) bond motifs is 5. The number of benzene rings is 1. The number of aliphatic hydroxyl groups is 4. The summed E-state index contributed by atoms with van der Waals surface area (Å²) in [5.74, 6) is -4.41. The van der Waals surface area contributed by atoms with Crippen LogP contribution in [0.1, 0.15) is 78.6 Å². The maximum absolute atomic E-state index is 14.1. The standard InChI is InChI=1S/C36H49NO12/c1-17-14-23-36(16-46-23,49-20(4)39)27-29(48-31(44)21-12-10-9-11-13-21)34(7)15-22(47-32(45)26(41)30(43)37-19(3)38)18(2)24(33(34,5)6)25(40)28(42)35(17,27)8/h9-13,17,22-23,25-30,40-43H,14-16H2,1-8H3,(H,37,38)/t17-,22-,23+,25+,26+,27-,28+,29-,30-,34-,35+,36-/m0/s1. The molecule has 1 aromatic rings. The first-order valence-electron chi connectivity index (χ1n) is 16.7. The minimum atomic E-state index is -2.14. The van der Waals surface area contributed by atoms with Gasteiger partial charge in [0.2, 0.25) is 5.91 Å². The number of hydrogen-bond donors (Lipinski definition) is 5. The van der Waals surface area contributed by atoms with Crippen molar-refractivity contribution in [2.45, 2.75) is 117 Å². The van der Waals surface area contributed by atoms with Crippen molar-refractivity contribution in [3.63, 3.8) is 0 Å². The Balaban J connectivity index is 1.73. The summed E-state index contributed by atoms with van der Waals surface area (Å²) < 4.78 is 24.6. The Morgan fingerprint density at radius 3 is 2.18 bits per heavy atom. The number of esters is 3. The van der Waals surface area contributed by atoms with E-state index in [0.717, 1.165) is 6.92 Å². The molecule has 3 aliphatic carbocycles. The Morgan fingerprint density at radius 1 is 1.00 bits per heavy atom. The molecule has 49 heavy (non-hydrogen) atoms. The molecular weight excluding hydrogens is 638 g/mol. The summed E-state index contributed by atoms with van der Waals surface area (Å²) in [6.45, 7) is 13.3. The van der Waals surface area contributed by atoms with Gasteiger partial charge in [-0.1, -0.05) is 52.8 Å². The number of aliphatic hydroxyl groups excluding tert-OH is 4. The van der Waals surface area contributed by atoms with Crippen molar-refractivity contribution in [3.8, 4) is 0 Å². The van der Waals surface area contributed by atoms with Crippen LogP contribution in [0.5, 0.6) is 0 Å². The predicted molar refractivity (Wildman–Crippen MR) is 172 cm³/mol. The predicted octanol–water partition coefficient (Wildman–Crippen LogP) is 1.79. The van der Waals surface area contributed by atoms with E-state index in [1.54, 1.807) is 37.3 Å². The number of amides is 1. The monoisotopic (exact) mass is 687 g/mol. The normalized spacial score (nSPS) is 39.0. The molecule has 1 aromatic carbocycles. The molecule has 13 nitrogen and oxygen atoms in total. The van der Waals surface area contributed by atoms with Crippen molar-refractivity contribution in [1.82, 2.24) is 5.32 Å². The molecule has 270 valence electrons. The lowest BCUT2D eigenvalue weighted by atomic mass is 9.40. The molecule has 1 saturated heterocycles. The minimum absolute atomic E-state index is 0.00220. The van der Waals surface area contributed by atoms with Gasteiger partial charge in [0.25, 0.3) is 0 Å². The number of carbonyl (C=O) groups excluding carboxylic acids is 4.